The molecule has 0 aromatic rings. The third-order valence-corrected chi connectivity index (χ3v) is 11.2. The van der Waals surface area contributed by atoms with Gasteiger partial charge in [0.05, 0.1) is 6.10 Å². The summed E-state index contributed by atoms with van der Waals surface area (Å²) >= 11 is 0. The van der Waals surface area contributed by atoms with E-state index in [9.17, 15) is 19.8 Å². The second-order valence-corrected chi connectivity index (χ2v) is 12.6. The van der Waals surface area contributed by atoms with Gasteiger partial charge in [0, 0.05) is 35.3 Å². The lowest BCUT2D eigenvalue weighted by molar-refractivity contribution is -0.277. The lowest BCUT2D eigenvalue weighted by atomic mass is 9.44. The molecule has 6 rings (SSSR count). The smallest absolute Gasteiger partial charge is 0.192 e. The second-order valence-electron chi connectivity index (χ2n) is 12.6. The minimum atomic E-state index is -2.19. The van der Waals surface area contributed by atoms with Gasteiger partial charge >= 0.3 is 0 Å². The fraction of sp³-hybridized carbons (Fsp3) is 0.786. The van der Waals surface area contributed by atoms with E-state index in [1.807, 2.05) is 12.0 Å². The van der Waals surface area contributed by atoms with E-state index in [1.165, 1.54) is 24.6 Å². The third kappa shape index (κ3) is 2.85. The molecule has 0 aromatic heterocycles. The van der Waals surface area contributed by atoms with E-state index in [-0.39, 0.29) is 36.2 Å². The Labute approximate surface area is 210 Å². The highest BCUT2D eigenvalue weighted by Crippen LogP contribution is 2.72. The number of hydroxylamine groups is 2. The van der Waals surface area contributed by atoms with Crippen LogP contribution in [-0.2, 0) is 14.4 Å². The summed E-state index contributed by atoms with van der Waals surface area (Å²) in [5, 5.41) is 23.5. The van der Waals surface area contributed by atoms with Crippen molar-refractivity contribution in [1.29, 1.82) is 0 Å². The number of allylic oxidation sites excluding steroid dienone is 4. The normalized spacial score (nSPS) is 50.8. The molecular formula is C28H37F2NO5. The number of carbonyl (C=O) groups is 2. The SMILES string of the molecule is C[C@]12C=CC(=O)C=C1[C@@H](F)C[C@H]1[C@@H]3C[C@H]4CN(C5CCCCC5)O[C@@]4(C(=O)CO)[C@@]3(C)C[C@H](O)[C@@]12F. The van der Waals surface area contributed by atoms with Gasteiger partial charge in [-0.1, -0.05) is 32.3 Å². The van der Waals surface area contributed by atoms with Gasteiger partial charge in [-0.25, -0.2) is 8.78 Å². The Morgan fingerprint density at radius 1 is 1.19 bits per heavy atom. The summed E-state index contributed by atoms with van der Waals surface area (Å²) in [5.74, 6) is -2.35. The van der Waals surface area contributed by atoms with Gasteiger partial charge in [0.15, 0.2) is 22.8 Å². The monoisotopic (exact) mass is 505 g/mol. The number of hydrogen-bond acceptors (Lipinski definition) is 6. The van der Waals surface area contributed by atoms with Crippen molar-refractivity contribution >= 4 is 11.6 Å². The van der Waals surface area contributed by atoms with Gasteiger partial charge in [-0.2, -0.15) is 5.06 Å². The molecule has 1 saturated heterocycles. The number of nitrogens with zero attached hydrogens (tertiary/aromatic N) is 1. The van der Waals surface area contributed by atoms with Crippen LogP contribution in [0, 0.1) is 28.6 Å². The fourth-order valence-corrected chi connectivity index (χ4v) is 9.48. The average Bonchev–Trinajstić information content (AvgIpc) is 3.36. The minimum Gasteiger partial charge on any atom is -0.390 e. The molecule has 9 atom stereocenters. The van der Waals surface area contributed by atoms with Crippen molar-refractivity contribution in [3.05, 3.63) is 23.8 Å². The number of hydrogen-bond donors (Lipinski definition) is 2. The fourth-order valence-electron chi connectivity index (χ4n) is 9.48. The molecule has 6 aliphatic rings. The Hall–Kier alpha value is -1.48. The van der Waals surface area contributed by atoms with E-state index >= 15 is 8.78 Å². The molecule has 5 aliphatic carbocycles. The molecule has 198 valence electrons. The van der Waals surface area contributed by atoms with Crippen LogP contribution in [0.5, 0.6) is 0 Å². The quantitative estimate of drug-likeness (QED) is 0.612. The number of rotatable bonds is 3. The molecule has 1 heterocycles. The van der Waals surface area contributed by atoms with Crippen molar-refractivity contribution in [3.8, 4) is 0 Å². The molecular weight excluding hydrogens is 468 g/mol. The molecule has 0 aromatic carbocycles. The van der Waals surface area contributed by atoms with Crippen LogP contribution in [0.2, 0.25) is 0 Å². The van der Waals surface area contributed by atoms with E-state index in [0.717, 1.165) is 25.7 Å². The van der Waals surface area contributed by atoms with Gasteiger partial charge in [0.2, 0.25) is 0 Å². The first kappa shape index (κ1) is 24.8. The number of alkyl halides is 2. The highest BCUT2D eigenvalue weighted by molar-refractivity contribution is 6.01. The summed E-state index contributed by atoms with van der Waals surface area (Å²) in [6.07, 6.45) is 6.52. The van der Waals surface area contributed by atoms with Crippen molar-refractivity contribution in [2.24, 2.45) is 28.6 Å². The summed E-state index contributed by atoms with van der Waals surface area (Å²) in [4.78, 5) is 32.2. The van der Waals surface area contributed by atoms with Crippen LogP contribution in [0.4, 0.5) is 8.78 Å². The van der Waals surface area contributed by atoms with E-state index in [1.54, 1.807) is 6.92 Å². The summed E-state index contributed by atoms with van der Waals surface area (Å²) < 4.78 is 33.0. The lowest BCUT2D eigenvalue weighted by Gasteiger charge is -2.63. The van der Waals surface area contributed by atoms with Gasteiger partial charge < -0.3 is 10.2 Å². The van der Waals surface area contributed by atoms with E-state index < -0.39 is 58.6 Å². The second kappa shape index (κ2) is 8.01. The van der Waals surface area contributed by atoms with E-state index in [2.05, 4.69) is 0 Å². The van der Waals surface area contributed by atoms with Gasteiger partial charge in [0.25, 0.3) is 0 Å². The Morgan fingerprint density at radius 3 is 2.61 bits per heavy atom. The van der Waals surface area contributed by atoms with Crippen molar-refractivity contribution in [2.75, 3.05) is 13.2 Å². The van der Waals surface area contributed by atoms with Crippen LogP contribution in [0.15, 0.2) is 23.8 Å². The molecule has 0 unspecified atom stereocenters. The van der Waals surface area contributed by atoms with Gasteiger partial charge in [-0.3, -0.25) is 14.4 Å². The zero-order valence-corrected chi connectivity index (χ0v) is 21.1. The molecule has 8 heteroatoms. The Morgan fingerprint density at radius 2 is 1.92 bits per heavy atom. The summed E-state index contributed by atoms with van der Waals surface area (Å²) in [7, 11) is 0. The number of ketones is 2. The van der Waals surface area contributed by atoms with E-state index in [4.69, 9.17) is 4.84 Å². The zero-order valence-electron chi connectivity index (χ0n) is 21.1. The maximum atomic E-state index is 17.4. The van der Waals surface area contributed by atoms with Gasteiger partial charge in [-0.15, -0.1) is 0 Å². The van der Waals surface area contributed by atoms with Crippen molar-refractivity contribution in [3.63, 3.8) is 0 Å². The topological polar surface area (TPSA) is 87.1 Å². The Bertz CT molecular complexity index is 1040. The van der Waals surface area contributed by atoms with Crippen LogP contribution in [0.25, 0.3) is 0 Å². The third-order valence-electron chi connectivity index (χ3n) is 11.2. The maximum Gasteiger partial charge on any atom is 0.192 e. The highest BCUT2D eigenvalue weighted by atomic mass is 19.1. The highest BCUT2D eigenvalue weighted by Gasteiger charge is 2.79. The zero-order chi connectivity index (χ0) is 25.7. The van der Waals surface area contributed by atoms with Crippen molar-refractivity contribution < 1.29 is 33.4 Å². The van der Waals surface area contributed by atoms with Crippen LogP contribution in [0.3, 0.4) is 0 Å². The van der Waals surface area contributed by atoms with E-state index in [0.29, 0.717) is 13.0 Å². The number of halogens is 2. The number of aliphatic hydroxyl groups is 2. The van der Waals surface area contributed by atoms with Crippen LogP contribution in [-0.4, -0.2) is 69.6 Å². The summed E-state index contributed by atoms with van der Waals surface area (Å²) in [6, 6.07) is 0.199. The largest absolute Gasteiger partial charge is 0.390 e. The van der Waals surface area contributed by atoms with Crippen LogP contribution >= 0.6 is 0 Å². The molecule has 36 heavy (non-hydrogen) atoms. The molecule has 5 fully saturated rings. The predicted octanol–water partition coefficient (Wildman–Crippen LogP) is 3.41. The Kier molecular flexibility index (Phi) is 5.53. The molecule has 0 spiro atoms. The standard InChI is InChI=1S/C28H37F2NO5/c1-25-9-8-18(33)11-21(25)22(29)12-20-19-10-16-14-31(17-6-4-3-5-7-17)36-28(16,24(35)15-32)26(19,2)13-23(34)27(20,25)30/h8-9,11,16-17,19-20,22-23,32,34H,3-7,10,12-15H2,1-2H3/t16-,19-,20-,22-,23-,25-,26-,27-,28-/m0/s1. The molecule has 0 amide bonds. The number of carbonyl (C=O) groups excluding carboxylic acids is 2. The predicted molar refractivity (Wildman–Crippen MR) is 127 cm³/mol. The first-order valence-corrected chi connectivity index (χ1v) is 13.6. The average molecular weight is 506 g/mol. The number of fused-ring (bicyclic) bond motifs is 7. The molecule has 2 N–H and O–H groups in total. The first-order chi connectivity index (χ1) is 17.0. The Balaban J connectivity index is 1.42. The molecule has 0 radical (unpaired) electrons. The first-order valence-electron chi connectivity index (χ1n) is 13.6. The van der Waals surface area contributed by atoms with Crippen molar-refractivity contribution in [2.45, 2.75) is 94.8 Å². The number of aliphatic hydroxyl groups excluding tert-OH is 2. The van der Waals surface area contributed by atoms with Gasteiger partial charge in [-0.05, 0) is 62.7 Å². The van der Waals surface area contributed by atoms with Crippen LogP contribution < -0.4 is 0 Å². The summed E-state index contributed by atoms with van der Waals surface area (Å²) in [5.41, 5.74) is -5.88. The molecule has 1 aliphatic heterocycles. The minimum absolute atomic E-state index is 0.0347. The lowest BCUT2D eigenvalue weighted by Crippen LogP contribution is -2.70. The van der Waals surface area contributed by atoms with Crippen molar-refractivity contribution in [1.82, 2.24) is 5.06 Å². The van der Waals surface area contributed by atoms with Gasteiger partial charge in [0.1, 0.15) is 12.8 Å². The molecule has 0 bridgehead atoms. The summed E-state index contributed by atoms with van der Waals surface area (Å²) in [6.45, 7) is 3.28. The number of Topliss-reactive ketones (excluding diaryl/α,β-unsaturated/α-hetero) is 1. The maximum absolute atomic E-state index is 17.4. The molecule has 4 saturated carbocycles. The van der Waals surface area contributed by atoms with Crippen LogP contribution in [0.1, 0.15) is 65.2 Å². The molecule has 6 nitrogen and oxygen atoms in total.